The Kier molecular flexibility index (Phi) is 5.08. The molecular weight excluding hydrogens is 351 g/mol. The maximum Gasteiger partial charge on any atom is 0.416 e. The third kappa shape index (κ3) is 4.39. The van der Waals surface area contributed by atoms with Crippen LogP contribution in [-0.2, 0) is 11.0 Å². The van der Waals surface area contributed by atoms with E-state index < -0.39 is 11.7 Å². The summed E-state index contributed by atoms with van der Waals surface area (Å²) in [6.45, 7) is 2.62. The van der Waals surface area contributed by atoms with E-state index >= 15 is 0 Å². The first-order valence-electron chi connectivity index (χ1n) is 7.72. The number of benzene rings is 1. The molecule has 0 spiro atoms. The van der Waals surface area contributed by atoms with Crippen molar-refractivity contribution < 1.29 is 18.0 Å². The van der Waals surface area contributed by atoms with Crippen LogP contribution < -0.4 is 4.90 Å². The van der Waals surface area contributed by atoms with Gasteiger partial charge in [-0.2, -0.15) is 13.2 Å². The molecule has 8 heteroatoms. The fraction of sp³-hybridized carbons (Fsp3) is 0.294. The van der Waals surface area contributed by atoms with Gasteiger partial charge in [-0.25, -0.2) is 4.98 Å². The molecule has 3 rings (SSSR count). The Balaban J connectivity index is 1.55. The predicted molar refractivity (Wildman–Crippen MR) is 91.4 cm³/mol. The van der Waals surface area contributed by atoms with Crippen LogP contribution in [0.5, 0.6) is 0 Å². The Bertz CT molecular complexity index is 733. The molecule has 0 N–H and O–H groups in total. The number of hydrogen-bond donors (Lipinski definition) is 0. The van der Waals surface area contributed by atoms with E-state index in [0.717, 1.165) is 17.3 Å². The van der Waals surface area contributed by atoms with Crippen LogP contribution in [0.3, 0.4) is 0 Å². The molecule has 2 aromatic rings. The van der Waals surface area contributed by atoms with E-state index in [9.17, 15) is 18.0 Å². The second-order valence-electron chi connectivity index (χ2n) is 5.58. The maximum atomic E-state index is 12.5. The van der Waals surface area contributed by atoms with Gasteiger partial charge in [0, 0.05) is 43.8 Å². The predicted octanol–water partition coefficient (Wildman–Crippen LogP) is 3.52. The monoisotopic (exact) mass is 367 g/mol. The smallest absolute Gasteiger partial charge is 0.345 e. The molecule has 1 aliphatic rings. The van der Waals surface area contributed by atoms with Crippen molar-refractivity contribution in [3.63, 3.8) is 0 Å². The largest absolute Gasteiger partial charge is 0.416 e. The second kappa shape index (κ2) is 7.26. The highest BCUT2D eigenvalue weighted by atomic mass is 32.1. The van der Waals surface area contributed by atoms with Gasteiger partial charge in [0.15, 0.2) is 5.13 Å². The Morgan fingerprint density at radius 1 is 1.12 bits per heavy atom. The van der Waals surface area contributed by atoms with Gasteiger partial charge in [-0.1, -0.05) is 12.1 Å². The lowest BCUT2D eigenvalue weighted by molar-refractivity contribution is -0.137. The summed E-state index contributed by atoms with van der Waals surface area (Å²) in [7, 11) is 0. The third-order valence-electron chi connectivity index (χ3n) is 3.94. The number of nitrogens with zero attached hydrogens (tertiary/aromatic N) is 3. The molecule has 0 bridgehead atoms. The highest BCUT2D eigenvalue weighted by Gasteiger charge is 2.29. The molecule has 0 atom stereocenters. The average Bonchev–Trinajstić information content (AvgIpc) is 3.14. The molecule has 1 fully saturated rings. The van der Waals surface area contributed by atoms with Gasteiger partial charge in [0.2, 0.25) is 5.91 Å². The summed E-state index contributed by atoms with van der Waals surface area (Å²) in [6.07, 6.45) is 0.344. The molecule has 0 saturated carbocycles. The van der Waals surface area contributed by atoms with Crippen molar-refractivity contribution in [2.45, 2.75) is 6.18 Å². The van der Waals surface area contributed by atoms with Crippen molar-refractivity contribution in [2.75, 3.05) is 31.1 Å². The fourth-order valence-electron chi connectivity index (χ4n) is 2.55. The van der Waals surface area contributed by atoms with Crippen LogP contribution in [0.25, 0.3) is 6.08 Å². The second-order valence-corrected chi connectivity index (χ2v) is 6.45. The number of anilines is 1. The van der Waals surface area contributed by atoms with Crippen LogP contribution in [0.4, 0.5) is 18.3 Å². The first kappa shape index (κ1) is 17.5. The number of halogens is 3. The van der Waals surface area contributed by atoms with Crippen molar-refractivity contribution in [3.8, 4) is 0 Å². The van der Waals surface area contributed by atoms with Gasteiger partial charge >= 0.3 is 6.18 Å². The van der Waals surface area contributed by atoms with Crippen molar-refractivity contribution in [3.05, 3.63) is 53.0 Å². The van der Waals surface area contributed by atoms with Crippen LogP contribution in [0, 0.1) is 0 Å². The van der Waals surface area contributed by atoms with E-state index in [2.05, 4.69) is 9.88 Å². The van der Waals surface area contributed by atoms with Crippen LogP contribution in [0.15, 0.2) is 41.9 Å². The van der Waals surface area contributed by atoms with Gasteiger partial charge in [-0.3, -0.25) is 4.79 Å². The summed E-state index contributed by atoms with van der Waals surface area (Å²) in [4.78, 5) is 20.3. The zero-order valence-electron chi connectivity index (χ0n) is 13.2. The lowest BCUT2D eigenvalue weighted by Gasteiger charge is -2.34. The van der Waals surface area contributed by atoms with E-state index in [1.807, 2.05) is 5.38 Å². The Morgan fingerprint density at radius 2 is 1.80 bits per heavy atom. The number of hydrogen-bond acceptors (Lipinski definition) is 4. The Labute approximate surface area is 147 Å². The normalized spacial score (nSPS) is 15.8. The average molecular weight is 367 g/mol. The minimum absolute atomic E-state index is 0.140. The van der Waals surface area contributed by atoms with Gasteiger partial charge in [-0.15, -0.1) is 11.3 Å². The topological polar surface area (TPSA) is 36.4 Å². The first-order valence-corrected chi connectivity index (χ1v) is 8.60. The third-order valence-corrected chi connectivity index (χ3v) is 4.77. The fourth-order valence-corrected chi connectivity index (χ4v) is 3.24. The first-order chi connectivity index (χ1) is 11.9. The number of carbonyl (C=O) groups excluding carboxylic acids is 1. The quantitative estimate of drug-likeness (QED) is 0.779. The SMILES string of the molecule is O=C(/C=C/c1ccc(C(F)(F)F)cc1)N1CCN(c2nccs2)CC1. The summed E-state index contributed by atoms with van der Waals surface area (Å²) in [5, 5.41) is 2.87. The molecule has 2 heterocycles. The lowest BCUT2D eigenvalue weighted by Crippen LogP contribution is -2.48. The zero-order valence-corrected chi connectivity index (χ0v) is 14.1. The minimum atomic E-state index is -4.35. The van der Waals surface area contributed by atoms with Crippen LogP contribution in [-0.4, -0.2) is 42.0 Å². The zero-order chi connectivity index (χ0) is 17.9. The molecule has 1 aromatic carbocycles. The van der Waals surface area contributed by atoms with E-state index in [1.165, 1.54) is 24.3 Å². The number of aromatic nitrogens is 1. The molecule has 0 unspecified atom stereocenters. The molecular formula is C17H16F3N3OS. The number of amides is 1. The summed E-state index contributed by atoms with van der Waals surface area (Å²) in [5.41, 5.74) is -0.142. The molecule has 1 amide bonds. The van der Waals surface area contributed by atoms with Crippen molar-refractivity contribution in [1.29, 1.82) is 0 Å². The maximum absolute atomic E-state index is 12.5. The highest BCUT2D eigenvalue weighted by Crippen LogP contribution is 2.29. The van der Waals surface area contributed by atoms with E-state index in [-0.39, 0.29) is 5.91 Å². The number of alkyl halides is 3. The molecule has 1 saturated heterocycles. The van der Waals surface area contributed by atoms with Crippen LogP contribution >= 0.6 is 11.3 Å². The molecule has 25 heavy (non-hydrogen) atoms. The van der Waals surface area contributed by atoms with Crippen LogP contribution in [0.2, 0.25) is 0 Å². The summed E-state index contributed by atoms with van der Waals surface area (Å²) in [5.74, 6) is -0.140. The number of carbonyl (C=O) groups is 1. The highest BCUT2D eigenvalue weighted by molar-refractivity contribution is 7.13. The standard InChI is InChI=1S/C17H16F3N3OS/c18-17(19,20)14-4-1-13(2-5-14)3-6-15(24)22-8-10-23(11-9-22)16-21-7-12-25-16/h1-7,12H,8-11H2/b6-3+. The molecule has 0 aliphatic carbocycles. The summed E-state index contributed by atoms with van der Waals surface area (Å²) < 4.78 is 37.6. The van der Waals surface area contributed by atoms with Gasteiger partial charge in [0.25, 0.3) is 0 Å². The Hall–Kier alpha value is -2.35. The minimum Gasteiger partial charge on any atom is -0.345 e. The van der Waals surface area contributed by atoms with Gasteiger partial charge in [0.05, 0.1) is 5.56 Å². The molecule has 132 valence electrons. The lowest BCUT2D eigenvalue weighted by atomic mass is 10.1. The van der Waals surface area contributed by atoms with Crippen molar-refractivity contribution in [2.24, 2.45) is 0 Å². The number of piperazine rings is 1. The van der Waals surface area contributed by atoms with Crippen molar-refractivity contribution in [1.82, 2.24) is 9.88 Å². The summed E-state index contributed by atoms with van der Waals surface area (Å²) >= 11 is 1.57. The molecule has 1 aromatic heterocycles. The molecule has 0 radical (unpaired) electrons. The summed E-state index contributed by atoms with van der Waals surface area (Å²) in [6, 6.07) is 4.73. The van der Waals surface area contributed by atoms with E-state index in [0.29, 0.717) is 31.7 Å². The van der Waals surface area contributed by atoms with Crippen LogP contribution in [0.1, 0.15) is 11.1 Å². The Morgan fingerprint density at radius 3 is 2.36 bits per heavy atom. The van der Waals surface area contributed by atoms with E-state index in [4.69, 9.17) is 0 Å². The number of thiazole rings is 1. The molecule has 1 aliphatic heterocycles. The van der Waals surface area contributed by atoms with Gasteiger partial charge in [-0.05, 0) is 23.8 Å². The molecule has 4 nitrogen and oxygen atoms in total. The van der Waals surface area contributed by atoms with Gasteiger partial charge < -0.3 is 9.80 Å². The number of rotatable bonds is 3. The van der Waals surface area contributed by atoms with Crippen molar-refractivity contribution >= 4 is 28.5 Å². The van der Waals surface area contributed by atoms with Gasteiger partial charge in [0.1, 0.15) is 0 Å². The van der Waals surface area contributed by atoms with E-state index in [1.54, 1.807) is 22.4 Å².